The zero-order valence-corrected chi connectivity index (χ0v) is 8.62. The third kappa shape index (κ3) is 1.10. The van der Waals surface area contributed by atoms with Gasteiger partial charge in [-0.15, -0.1) is 0 Å². The minimum atomic E-state index is -0.240. The van der Waals surface area contributed by atoms with Crippen LogP contribution in [0.2, 0.25) is 0 Å². The van der Waals surface area contributed by atoms with Crippen LogP contribution >= 0.6 is 0 Å². The molecule has 0 atom stereocenters. The molecule has 0 aromatic heterocycles. The molecule has 1 aliphatic carbocycles. The maximum atomic E-state index is 9.32. The van der Waals surface area contributed by atoms with Gasteiger partial charge < -0.3 is 4.74 Å². The first-order chi connectivity index (χ1) is 7.36. The lowest BCUT2D eigenvalue weighted by Gasteiger charge is -2.36. The zero-order chi connectivity index (χ0) is 10.3. The van der Waals surface area contributed by atoms with Crippen molar-refractivity contribution < 1.29 is 4.74 Å². The quantitative estimate of drug-likeness (QED) is 0.696. The van der Waals surface area contributed by atoms with Gasteiger partial charge in [-0.25, -0.2) is 0 Å². The van der Waals surface area contributed by atoms with Gasteiger partial charge in [-0.05, 0) is 24.8 Å². The topological polar surface area (TPSA) is 33.0 Å². The highest BCUT2D eigenvalue weighted by atomic mass is 16.5. The summed E-state index contributed by atoms with van der Waals surface area (Å²) in [6, 6.07) is 8.71. The van der Waals surface area contributed by atoms with Crippen molar-refractivity contribution in [2.24, 2.45) is 0 Å². The highest BCUT2D eigenvalue weighted by Gasteiger charge is 2.42. The van der Waals surface area contributed by atoms with E-state index in [1.165, 1.54) is 5.56 Å². The summed E-state index contributed by atoms with van der Waals surface area (Å²) in [5, 5.41) is 9.32. The average Bonchev–Trinajstić information content (AvgIpc) is 2.65. The van der Waals surface area contributed by atoms with Crippen molar-refractivity contribution in [2.45, 2.75) is 31.1 Å². The van der Waals surface area contributed by atoms with Crippen molar-refractivity contribution in [3.63, 3.8) is 0 Å². The maximum absolute atomic E-state index is 9.32. The fourth-order valence-corrected chi connectivity index (χ4v) is 2.56. The van der Waals surface area contributed by atoms with Gasteiger partial charge in [-0.3, -0.25) is 0 Å². The second-order valence-electron chi connectivity index (χ2n) is 4.44. The van der Waals surface area contributed by atoms with Gasteiger partial charge in [0, 0.05) is 12.0 Å². The van der Waals surface area contributed by atoms with Crippen molar-refractivity contribution in [1.82, 2.24) is 0 Å². The minimum absolute atomic E-state index is 0.240. The lowest BCUT2D eigenvalue weighted by molar-refractivity contribution is 0.298. The second-order valence-corrected chi connectivity index (χ2v) is 4.44. The highest BCUT2D eigenvalue weighted by molar-refractivity contribution is 5.51. The number of fused-ring (bicyclic) bond motifs is 1. The van der Waals surface area contributed by atoms with Crippen molar-refractivity contribution in [2.75, 3.05) is 6.61 Å². The highest BCUT2D eigenvalue weighted by Crippen LogP contribution is 2.48. The molecule has 0 spiro atoms. The Morgan fingerprint density at radius 1 is 1.33 bits per heavy atom. The van der Waals surface area contributed by atoms with Crippen LogP contribution < -0.4 is 4.74 Å². The number of benzene rings is 1. The van der Waals surface area contributed by atoms with E-state index in [-0.39, 0.29) is 5.41 Å². The van der Waals surface area contributed by atoms with Crippen LogP contribution in [-0.4, -0.2) is 6.61 Å². The summed E-state index contributed by atoms with van der Waals surface area (Å²) >= 11 is 0. The van der Waals surface area contributed by atoms with Crippen LogP contribution in [0.25, 0.3) is 0 Å². The molecule has 0 radical (unpaired) electrons. The van der Waals surface area contributed by atoms with Crippen LogP contribution in [0.3, 0.4) is 0 Å². The van der Waals surface area contributed by atoms with Crippen LogP contribution in [0.15, 0.2) is 18.2 Å². The standard InChI is InChI=1S/C13H13NO/c14-9-13(6-2-7-13)11-4-1-3-10-5-8-15-12(10)11/h1,3-4H,2,5-8H2. The van der Waals surface area contributed by atoms with Crippen LogP contribution in [-0.2, 0) is 11.8 Å². The van der Waals surface area contributed by atoms with Gasteiger partial charge in [0.15, 0.2) is 0 Å². The van der Waals surface area contributed by atoms with E-state index in [1.807, 2.05) is 0 Å². The lowest BCUT2D eigenvalue weighted by atomic mass is 9.65. The molecule has 0 amide bonds. The first-order valence-corrected chi connectivity index (χ1v) is 5.52. The van der Waals surface area contributed by atoms with Gasteiger partial charge in [0.05, 0.1) is 18.1 Å². The molecule has 2 aliphatic rings. The fraction of sp³-hybridized carbons (Fsp3) is 0.462. The monoisotopic (exact) mass is 199 g/mol. The first kappa shape index (κ1) is 8.79. The predicted molar refractivity (Wildman–Crippen MR) is 56.8 cm³/mol. The van der Waals surface area contributed by atoms with E-state index in [0.29, 0.717) is 0 Å². The summed E-state index contributed by atoms with van der Waals surface area (Å²) in [6.07, 6.45) is 4.13. The maximum Gasteiger partial charge on any atom is 0.127 e. The summed E-state index contributed by atoms with van der Waals surface area (Å²) in [6.45, 7) is 0.772. The molecular formula is C13H13NO. The zero-order valence-electron chi connectivity index (χ0n) is 8.62. The van der Waals surface area contributed by atoms with Gasteiger partial charge in [0.2, 0.25) is 0 Å². The Bertz CT molecular complexity index is 440. The van der Waals surface area contributed by atoms with Crippen molar-refractivity contribution in [3.05, 3.63) is 29.3 Å². The Kier molecular flexibility index (Phi) is 1.76. The number of hydrogen-bond donors (Lipinski definition) is 0. The lowest BCUT2D eigenvalue weighted by Crippen LogP contribution is -2.32. The Labute approximate surface area is 89.5 Å². The Morgan fingerprint density at radius 2 is 2.20 bits per heavy atom. The van der Waals surface area contributed by atoms with Crippen LogP contribution in [0.5, 0.6) is 5.75 Å². The molecule has 0 N–H and O–H groups in total. The molecule has 1 saturated carbocycles. The molecule has 1 heterocycles. The van der Waals surface area contributed by atoms with E-state index in [2.05, 4.69) is 24.3 Å². The van der Waals surface area contributed by atoms with E-state index < -0.39 is 0 Å². The fourth-order valence-electron chi connectivity index (χ4n) is 2.56. The molecule has 76 valence electrons. The summed E-state index contributed by atoms with van der Waals surface area (Å²) in [4.78, 5) is 0. The van der Waals surface area contributed by atoms with Crippen LogP contribution in [0.1, 0.15) is 30.4 Å². The van der Waals surface area contributed by atoms with Crippen molar-refractivity contribution in [3.8, 4) is 11.8 Å². The molecular weight excluding hydrogens is 186 g/mol. The third-order valence-corrected chi connectivity index (χ3v) is 3.65. The molecule has 2 nitrogen and oxygen atoms in total. The van der Waals surface area contributed by atoms with E-state index in [4.69, 9.17) is 4.74 Å². The van der Waals surface area contributed by atoms with Gasteiger partial charge in [-0.2, -0.15) is 5.26 Å². The van der Waals surface area contributed by atoms with Gasteiger partial charge in [-0.1, -0.05) is 18.2 Å². The molecule has 1 aliphatic heterocycles. The molecule has 1 fully saturated rings. The Hall–Kier alpha value is -1.49. The van der Waals surface area contributed by atoms with Gasteiger partial charge in [0.1, 0.15) is 5.75 Å². The van der Waals surface area contributed by atoms with Gasteiger partial charge in [0.25, 0.3) is 0 Å². The molecule has 0 bridgehead atoms. The molecule has 1 aromatic carbocycles. The minimum Gasteiger partial charge on any atom is -0.493 e. The second kappa shape index (κ2) is 3.00. The molecule has 0 unspecified atom stereocenters. The third-order valence-electron chi connectivity index (χ3n) is 3.65. The SMILES string of the molecule is N#CC1(c2cccc3c2OCC3)CCC1. The summed E-state index contributed by atoms with van der Waals surface area (Å²) < 4.78 is 5.66. The molecule has 3 rings (SSSR count). The number of ether oxygens (including phenoxy) is 1. The average molecular weight is 199 g/mol. The largest absolute Gasteiger partial charge is 0.493 e. The van der Waals surface area contributed by atoms with Crippen molar-refractivity contribution in [1.29, 1.82) is 5.26 Å². The van der Waals surface area contributed by atoms with Crippen LogP contribution in [0, 0.1) is 11.3 Å². The van der Waals surface area contributed by atoms with Gasteiger partial charge >= 0.3 is 0 Å². The van der Waals surface area contributed by atoms with Crippen molar-refractivity contribution >= 4 is 0 Å². The Morgan fingerprint density at radius 3 is 2.87 bits per heavy atom. The summed E-state index contributed by atoms with van der Waals surface area (Å²) in [5.74, 6) is 0.999. The number of hydrogen-bond acceptors (Lipinski definition) is 2. The summed E-state index contributed by atoms with van der Waals surface area (Å²) in [7, 11) is 0. The Balaban J connectivity index is 2.13. The first-order valence-electron chi connectivity index (χ1n) is 5.52. The molecule has 15 heavy (non-hydrogen) atoms. The number of nitriles is 1. The van der Waals surface area contributed by atoms with E-state index in [0.717, 1.165) is 43.6 Å². The molecule has 1 aromatic rings. The van der Waals surface area contributed by atoms with Crippen LogP contribution in [0.4, 0.5) is 0 Å². The van der Waals surface area contributed by atoms with E-state index >= 15 is 0 Å². The number of para-hydroxylation sites is 1. The number of rotatable bonds is 1. The van der Waals surface area contributed by atoms with E-state index in [1.54, 1.807) is 0 Å². The summed E-state index contributed by atoms with van der Waals surface area (Å²) in [5.41, 5.74) is 2.16. The smallest absolute Gasteiger partial charge is 0.127 e. The van der Waals surface area contributed by atoms with E-state index in [9.17, 15) is 5.26 Å². The predicted octanol–water partition coefficient (Wildman–Crippen LogP) is 2.57. The normalized spacial score (nSPS) is 21.0. The molecule has 0 saturated heterocycles. The molecule has 2 heteroatoms. The number of nitrogens with zero attached hydrogens (tertiary/aromatic N) is 1.